The van der Waals surface area contributed by atoms with Gasteiger partial charge in [0, 0.05) is 15.5 Å². The molecule has 18 heavy (non-hydrogen) atoms. The van der Waals surface area contributed by atoms with Crippen molar-refractivity contribution in [2.45, 2.75) is 13.3 Å². The molecule has 1 N–H and O–H groups in total. The summed E-state index contributed by atoms with van der Waals surface area (Å²) in [6, 6.07) is 4.21. The van der Waals surface area contributed by atoms with Gasteiger partial charge in [-0.05, 0) is 25.1 Å². The average Bonchev–Trinajstić information content (AvgIpc) is 2.63. The minimum atomic E-state index is -0.931. The number of carboxylic acids is 1. The normalized spacial score (nSPS) is 10.6. The third-order valence-electron chi connectivity index (χ3n) is 2.36. The molecule has 1 aromatic heterocycles. The van der Waals surface area contributed by atoms with Crippen molar-refractivity contribution in [2.24, 2.45) is 0 Å². The van der Waals surface area contributed by atoms with Crippen LogP contribution in [0.1, 0.15) is 10.6 Å². The number of aryl methyl sites for hydroxylation is 1. The molecule has 0 radical (unpaired) electrons. The summed E-state index contributed by atoms with van der Waals surface area (Å²) in [6.07, 6.45) is -0.105. The maximum absolute atomic E-state index is 13.7. The smallest absolute Gasteiger partial charge is 0.308 e. The molecule has 1 aromatic carbocycles. The number of aliphatic carboxylic acids is 1. The van der Waals surface area contributed by atoms with Crippen LogP contribution in [0.2, 0.25) is 5.02 Å². The van der Waals surface area contributed by atoms with E-state index in [0.29, 0.717) is 26.2 Å². The Hall–Kier alpha value is -1.46. The number of carboxylic acid groups (broad SMARTS) is 1. The highest BCUT2D eigenvalue weighted by Gasteiger charge is 2.15. The van der Waals surface area contributed by atoms with Gasteiger partial charge in [-0.1, -0.05) is 11.6 Å². The molecule has 0 bridgehead atoms. The van der Waals surface area contributed by atoms with E-state index >= 15 is 0 Å². The number of nitrogens with zero attached hydrogens (tertiary/aromatic N) is 1. The Morgan fingerprint density at radius 3 is 2.94 bits per heavy atom. The van der Waals surface area contributed by atoms with Gasteiger partial charge in [0.1, 0.15) is 10.8 Å². The molecule has 6 heteroatoms. The number of benzene rings is 1. The number of aromatic nitrogens is 1. The average molecular weight is 286 g/mol. The van der Waals surface area contributed by atoms with Crippen LogP contribution in [0.3, 0.4) is 0 Å². The van der Waals surface area contributed by atoms with Gasteiger partial charge >= 0.3 is 5.97 Å². The summed E-state index contributed by atoms with van der Waals surface area (Å²) < 4.78 is 13.7. The van der Waals surface area contributed by atoms with Gasteiger partial charge in [-0.25, -0.2) is 9.37 Å². The number of hydrogen-bond acceptors (Lipinski definition) is 3. The first-order chi connectivity index (χ1) is 8.47. The van der Waals surface area contributed by atoms with Crippen molar-refractivity contribution in [3.8, 4) is 10.6 Å². The monoisotopic (exact) mass is 285 g/mol. The third kappa shape index (κ3) is 2.68. The molecule has 3 nitrogen and oxygen atoms in total. The molecule has 0 aliphatic rings. The van der Waals surface area contributed by atoms with Gasteiger partial charge in [-0.15, -0.1) is 11.3 Å². The summed E-state index contributed by atoms with van der Waals surface area (Å²) >= 11 is 6.99. The van der Waals surface area contributed by atoms with Crippen LogP contribution in [0, 0.1) is 12.7 Å². The molecule has 0 spiro atoms. The fourth-order valence-corrected chi connectivity index (χ4v) is 2.75. The van der Waals surface area contributed by atoms with E-state index in [1.807, 2.05) is 0 Å². The van der Waals surface area contributed by atoms with Crippen LogP contribution in [0.15, 0.2) is 18.2 Å². The molecule has 94 valence electrons. The Labute approximate surface area is 112 Å². The summed E-state index contributed by atoms with van der Waals surface area (Å²) in [4.78, 5) is 15.5. The van der Waals surface area contributed by atoms with Gasteiger partial charge < -0.3 is 5.11 Å². The molecule has 2 aromatic rings. The molecule has 0 aliphatic heterocycles. The third-order valence-corrected chi connectivity index (χ3v) is 3.79. The maximum atomic E-state index is 13.7. The second-order valence-electron chi connectivity index (χ2n) is 3.72. The Morgan fingerprint density at radius 1 is 1.56 bits per heavy atom. The van der Waals surface area contributed by atoms with Crippen LogP contribution in [0.25, 0.3) is 10.6 Å². The first kappa shape index (κ1) is 13.0. The molecule has 0 aliphatic carbocycles. The van der Waals surface area contributed by atoms with E-state index < -0.39 is 11.8 Å². The molecule has 0 amide bonds. The zero-order valence-electron chi connectivity index (χ0n) is 9.41. The highest BCUT2D eigenvalue weighted by Crippen LogP contribution is 2.31. The highest BCUT2D eigenvalue weighted by atomic mass is 35.5. The zero-order valence-corrected chi connectivity index (χ0v) is 11.0. The van der Waals surface area contributed by atoms with Gasteiger partial charge in [-0.3, -0.25) is 4.79 Å². The SMILES string of the molecule is Cc1nc(-c2cc(Cl)ccc2F)sc1CC(=O)O. The van der Waals surface area contributed by atoms with Crippen molar-refractivity contribution in [1.29, 1.82) is 0 Å². The van der Waals surface area contributed by atoms with Crippen molar-refractivity contribution < 1.29 is 14.3 Å². The van der Waals surface area contributed by atoms with Crippen molar-refractivity contribution in [3.05, 3.63) is 39.6 Å². The summed E-state index contributed by atoms with van der Waals surface area (Å²) in [5.74, 6) is -1.35. The molecule has 0 saturated carbocycles. The van der Waals surface area contributed by atoms with E-state index in [2.05, 4.69) is 4.98 Å². The second kappa shape index (κ2) is 5.04. The fraction of sp³-hybridized carbons (Fsp3) is 0.167. The lowest BCUT2D eigenvalue weighted by molar-refractivity contribution is -0.136. The standard InChI is InChI=1S/C12H9ClFNO2S/c1-6-10(5-11(16)17)18-12(15-6)8-4-7(13)2-3-9(8)14/h2-4H,5H2,1H3,(H,16,17). The number of rotatable bonds is 3. The first-order valence-corrected chi connectivity index (χ1v) is 6.30. The van der Waals surface area contributed by atoms with Crippen molar-refractivity contribution in [1.82, 2.24) is 4.98 Å². The van der Waals surface area contributed by atoms with E-state index in [-0.39, 0.29) is 6.42 Å². The Bertz CT molecular complexity index is 612. The van der Waals surface area contributed by atoms with E-state index in [4.69, 9.17) is 16.7 Å². The summed E-state index contributed by atoms with van der Waals surface area (Å²) in [5, 5.41) is 9.62. The largest absolute Gasteiger partial charge is 0.481 e. The maximum Gasteiger partial charge on any atom is 0.308 e. The van der Waals surface area contributed by atoms with Crippen LogP contribution in [-0.4, -0.2) is 16.1 Å². The minimum absolute atomic E-state index is 0.105. The summed E-state index contributed by atoms with van der Waals surface area (Å²) in [5.41, 5.74) is 0.906. The quantitative estimate of drug-likeness (QED) is 0.938. The molecule has 0 atom stereocenters. The topological polar surface area (TPSA) is 50.2 Å². The van der Waals surface area contributed by atoms with Crippen LogP contribution in [0.4, 0.5) is 4.39 Å². The van der Waals surface area contributed by atoms with Gasteiger partial charge in [0.2, 0.25) is 0 Å². The van der Waals surface area contributed by atoms with E-state index in [1.54, 1.807) is 6.92 Å². The molecule has 0 saturated heterocycles. The van der Waals surface area contributed by atoms with Crippen LogP contribution in [-0.2, 0) is 11.2 Å². The number of hydrogen-bond donors (Lipinski definition) is 1. The molecule has 0 unspecified atom stereocenters. The van der Waals surface area contributed by atoms with Gasteiger partial charge in [-0.2, -0.15) is 0 Å². The number of carbonyl (C=O) groups is 1. The molecule has 1 heterocycles. The lowest BCUT2D eigenvalue weighted by Gasteiger charge is -1.99. The number of halogens is 2. The van der Waals surface area contributed by atoms with E-state index in [0.717, 1.165) is 0 Å². The van der Waals surface area contributed by atoms with Crippen molar-refractivity contribution in [3.63, 3.8) is 0 Å². The van der Waals surface area contributed by atoms with Crippen molar-refractivity contribution in [2.75, 3.05) is 0 Å². The molecular weight excluding hydrogens is 277 g/mol. The predicted molar refractivity (Wildman–Crippen MR) is 68.6 cm³/mol. The minimum Gasteiger partial charge on any atom is -0.481 e. The zero-order chi connectivity index (χ0) is 13.3. The molecular formula is C12H9ClFNO2S. The van der Waals surface area contributed by atoms with Gasteiger partial charge in [0.05, 0.1) is 12.1 Å². The Morgan fingerprint density at radius 2 is 2.28 bits per heavy atom. The Balaban J connectivity index is 2.45. The first-order valence-electron chi connectivity index (χ1n) is 5.11. The van der Waals surface area contributed by atoms with Crippen molar-refractivity contribution >= 4 is 28.9 Å². The lowest BCUT2D eigenvalue weighted by atomic mass is 10.2. The lowest BCUT2D eigenvalue weighted by Crippen LogP contribution is -1.99. The predicted octanol–water partition coefficient (Wildman–Crippen LogP) is 3.54. The summed E-state index contributed by atoms with van der Waals surface area (Å²) in [7, 11) is 0. The van der Waals surface area contributed by atoms with Crippen LogP contribution >= 0.6 is 22.9 Å². The van der Waals surface area contributed by atoms with E-state index in [1.165, 1.54) is 29.5 Å². The van der Waals surface area contributed by atoms with Gasteiger partial charge in [0.15, 0.2) is 0 Å². The second-order valence-corrected chi connectivity index (χ2v) is 5.24. The number of thiazole rings is 1. The van der Waals surface area contributed by atoms with Crippen LogP contribution < -0.4 is 0 Å². The Kier molecular flexibility index (Phi) is 3.63. The highest BCUT2D eigenvalue weighted by molar-refractivity contribution is 7.15. The molecule has 0 fully saturated rings. The van der Waals surface area contributed by atoms with E-state index in [9.17, 15) is 9.18 Å². The summed E-state index contributed by atoms with van der Waals surface area (Å²) in [6.45, 7) is 1.71. The van der Waals surface area contributed by atoms with Crippen LogP contribution in [0.5, 0.6) is 0 Å². The van der Waals surface area contributed by atoms with Gasteiger partial charge in [0.25, 0.3) is 0 Å². The molecule has 2 rings (SSSR count). The fourth-order valence-electron chi connectivity index (χ4n) is 1.51.